The van der Waals surface area contributed by atoms with Crippen LogP contribution in [0.1, 0.15) is 60.1 Å². The molecule has 2 aromatic rings. The number of hydrogen-bond donors (Lipinski definition) is 2. The molecule has 0 amide bonds. The molecule has 0 aliphatic heterocycles. The Hall–Kier alpha value is -2.00. The number of ether oxygens (including phenoxy) is 1. The van der Waals surface area contributed by atoms with Crippen LogP contribution < -0.4 is 0 Å². The Balaban J connectivity index is 1.85. The molecule has 132 valence electrons. The van der Waals surface area contributed by atoms with Crippen LogP contribution >= 0.6 is 0 Å². The molecular formula is C22H26O3. The van der Waals surface area contributed by atoms with Crippen LogP contribution in [-0.2, 0) is 4.74 Å². The molecule has 2 aliphatic rings. The van der Waals surface area contributed by atoms with Crippen molar-refractivity contribution < 1.29 is 14.9 Å². The van der Waals surface area contributed by atoms with E-state index >= 15 is 0 Å². The number of aromatic hydroxyl groups is 2. The minimum absolute atomic E-state index is 0.282. The van der Waals surface area contributed by atoms with Crippen molar-refractivity contribution in [2.75, 3.05) is 13.7 Å². The van der Waals surface area contributed by atoms with Gasteiger partial charge >= 0.3 is 0 Å². The van der Waals surface area contributed by atoms with Crippen molar-refractivity contribution in [2.45, 2.75) is 43.4 Å². The smallest absolute Gasteiger partial charge is 0.115 e. The van der Waals surface area contributed by atoms with Gasteiger partial charge in [-0.1, -0.05) is 31.0 Å². The zero-order valence-electron chi connectivity index (χ0n) is 14.7. The van der Waals surface area contributed by atoms with Crippen molar-refractivity contribution >= 4 is 0 Å². The van der Waals surface area contributed by atoms with Gasteiger partial charge < -0.3 is 14.9 Å². The average molecular weight is 338 g/mol. The standard InChI is InChI=1S/C22H26O3/c1-25-13-21-18-11-10-16(24)12-20(18)17-4-2-3-5-19(17)22(21)14-6-8-15(23)9-7-14/h6-12,17,19,21-24H,2-5,13H2,1H3/t17-,19+,21+,22+/m1/s1. The van der Waals surface area contributed by atoms with Gasteiger partial charge in [-0.3, -0.25) is 0 Å². The molecular weight excluding hydrogens is 312 g/mol. The van der Waals surface area contributed by atoms with Crippen molar-refractivity contribution in [3.05, 3.63) is 59.2 Å². The van der Waals surface area contributed by atoms with Gasteiger partial charge in [-0.25, -0.2) is 0 Å². The predicted molar refractivity (Wildman–Crippen MR) is 98.3 cm³/mol. The number of methoxy groups -OCH3 is 1. The SMILES string of the molecule is COC[C@H]1c2ccc(O)cc2[C@@H]2CCCC[C@@H]2[C@@H]1c1ccc(O)cc1. The molecule has 25 heavy (non-hydrogen) atoms. The van der Waals surface area contributed by atoms with Gasteiger partial charge in [0.1, 0.15) is 11.5 Å². The lowest BCUT2D eigenvalue weighted by atomic mass is 9.58. The van der Waals surface area contributed by atoms with E-state index in [0.717, 1.165) is 0 Å². The molecule has 0 bridgehead atoms. The average Bonchev–Trinajstić information content (AvgIpc) is 2.63. The molecule has 0 radical (unpaired) electrons. The maximum Gasteiger partial charge on any atom is 0.115 e. The van der Waals surface area contributed by atoms with Crippen LogP contribution in [0.25, 0.3) is 0 Å². The molecule has 0 spiro atoms. The van der Waals surface area contributed by atoms with Crippen molar-refractivity contribution in [3.63, 3.8) is 0 Å². The topological polar surface area (TPSA) is 49.7 Å². The van der Waals surface area contributed by atoms with Crippen LogP contribution in [-0.4, -0.2) is 23.9 Å². The summed E-state index contributed by atoms with van der Waals surface area (Å²) in [5, 5.41) is 19.7. The second-order valence-corrected chi connectivity index (χ2v) is 7.55. The van der Waals surface area contributed by atoms with E-state index < -0.39 is 0 Å². The van der Waals surface area contributed by atoms with Gasteiger partial charge in [0.2, 0.25) is 0 Å². The molecule has 0 aromatic heterocycles. The minimum Gasteiger partial charge on any atom is -0.508 e. The summed E-state index contributed by atoms with van der Waals surface area (Å²) < 4.78 is 5.61. The number of hydrogen-bond acceptors (Lipinski definition) is 3. The highest BCUT2D eigenvalue weighted by atomic mass is 16.5. The fourth-order valence-corrected chi connectivity index (χ4v) is 5.24. The molecule has 3 heteroatoms. The Morgan fingerprint density at radius 3 is 2.40 bits per heavy atom. The third-order valence-corrected chi connectivity index (χ3v) is 6.21. The molecule has 0 saturated heterocycles. The Kier molecular flexibility index (Phi) is 4.43. The number of phenolic OH excluding ortho intramolecular Hbond substituents is 2. The lowest BCUT2D eigenvalue weighted by Gasteiger charge is -2.47. The molecule has 1 saturated carbocycles. The van der Waals surface area contributed by atoms with Crippen molar-refractivity contribution in [2.24, 2.45) is 5.92 Å². The van der Waals surface area contributed by atoms with Gasteiger partial charge in [-0.05, 0) is 71.6 Å². The highest BCUT2D eigenvalue weighted by Gasteiger charge is 2.44. The Morgan fingerprint density at radius 1 is 0.920 bits per heavy atom. The predicted octanol–water partition coefficient (Wildman–Crippen LogP) is 4.90. The van der Waals surface area contributed by atoms with Gasteiger partial charge in [0.05, 0.1) is 6.61 Å². The summed E-state index contributed by atoms with van der Waals surface area (Å²) in [5.74, 6) is 2.42. The molecule has 4 rings (SSSR count). The molecule has 0 heterocycles. The van der Waals surface area contributed by atoms with Gasteiger partial charge in [0, 0.05) is 13.0 Å². The lowest BCUT2D eigenvalue weighted by molar-refractivity contribution is 0.130. The molecule has 2 aromatic carbocycles. The van der Waals surface area contributed by atoms with Gasteiger partial charge in [0.15, 0.2) is 0 Å². The second kappa shape index (κ2) is 6.72. The molecule has 4 atom stereocenters. The molecule has 3 nitrogen and oxygen atoms in total. The number of rotatable bonds is 3. The highest BCUT2D eigenvalue weighted by molar-refractivity contribution is 5.46. The number of benzene rings is 2. The van der Waals surface area contributed by atoms with E-state index in [1.165, 1.54) is 42.4 Å². The summed E-state index contributed by atoms with van der Waals surface area (Å²) in [6, 6.07) is 13.6. The summed E-state index contributed by atoms with van der Waals surface area (Å²) in [5.41, 5.74) is 3.93. The van der Waals surface area contributed by atoms with Crippen LogP contribution in [0.5, 0.6) is 11.5 Å². The zero-order chi connectivity index (χ0) is 17.4. The van der Waals surface area contributed by atoms with Gasteiger partial charge in [-0.15, -0.1) is 0 Å². The Labute approximate surface area is 149 Å². The maximum absolute atomic E-state index is 10.0. The van der Waals surface area contributed by atoms with Gasteiger partial charge in [-0.2, -0.15) is 0 Å². The second-order valence-electron chi connectivity index (χ2n) is 7.55. The zero-order valence-corrected chi connectivity index (χ0v) is 14.7. The monoisotopic (exact) mass is 338 g/mol. The van der Waals surface area contributed by atoms with Crippen LogP contribution in [0.4, 0.5) is 0 Å². The first-order valence-electron chi connectivity index (χ1n) is 9.29. The van der Waals surface area contributed by atoms with E-state index in [1.54, 1.807) is 25.3 Å². The van der Waals surface area contributed by atoms with Crippen LogP contribution in [0.2, 0.25) is 0 Å². The normalized spacial score (nSPS) is 28.2. The molecule has 2 aliphatic carbocycles. The summed E-state index contributed by atoms with van der Waals surface area (Å²) in [4.78, 5) is 0. The van der Waals surface area contributed by atoms with E-state index in [4.69, 9.17) is 4.74 Å². The number of phenols is 2. The summed E-state index contributed by atoms with van der Waals surface area (Å²) in [6.07, 6.45) is 4.93. The number of fused-ring (bicyclic) bond motifs is 3. The quantitative estimate of drug-likeness (QED) is 0.837. The van der Waals surface area contributed by atoms with E-state index in [-0.39, 0.29) is 5.92 Å². The first-order chi connectivity index (χ1) is 12.2. The Bertz CT molecular complexity index is 737. The van der Waals surface area contributed by atoms with E-state index in [9.17, 15) is 10.2 Å². The van der Waals surface area contributed by atoms with E-state index in [1.807, 2.05) is 6.07 Å². The van der Waals surface area contributed by atoms with Gasteiger partial charge in [0.25, 0.3) is 0 Å². The first kappa shape index (κ1) is 16.5. The fourth-order valence-electron chi connectivity index (χ4n) is 5.24. The molecule has 1 fully saturated rings. The fraction of sp³-hybridized carbons (Fsp3) is 0.455. The third kappa shape index (κ3) is 2.91. The van der Waals surface area contributed by atoms with E-state index in [0.29, 0.717) is 35.9 Å². The van der Waals surface area contributed by atoms with Crippen LogP contribution in [0.3, 0.4) is 0 Å². The summed E-state index contributed by atoms with van der Waals surface area (Å²) in [6.45, 7) is 0.673. The van der Waals surface area contributed by atoms with Crippen LogP contribution in [0, 0.1) is 5.92 Å². The van der Waals surface area contributed by atoms with Crippen molar-refractivity contribution in [1.29, 1.82) is 0 Å². The highest BCUT2D eigenvalue weighted by Crippen LogP contribution is 2.56. The van der Waals surface area contributed by atoms with Crippen molar-refractivity contribution in [1.82, 2.24) is 0 Å². The largest absolute Gasteiger partial charge is 0.508 e. The van der Waals surface area contributed by atoms with Crippen molar-refractivity contribution in [3.8, 4) is 11.5 Å². The maximum atomic E-state index is 10.0. The summed E-state index contributed by atoms with van der Waals surface area (Å²) >= 11 is 0. The molecule has 0 unspecified atom stereocenters. The minimum atomic E-state index is 0.282. The Morgan fingerprint density at radius 2 is 1.64 bits per heavy atom. The molecule has 2 N–H and O–H groups in total. The third-order valence-electron chi connectivity index (χ3n) is 6.21. The van der Waals surface area contributed by atoms with Crippen LogP contribution in [0.15, 0.2) is 42.5 Å². The lowest BCUT2D eigenvalue weighted by Crippen LogP contribution is -2.35. The van der Waals surface area contributed by atoms with E-state index in [2.05, 4.69) is 18.2 Å². The first-order valence-corrected chi connectivity index (χ1v) is 9.29. The summed E-state index contributed by atoms with van der Waals surface area (Å²) in [7, 11) is 1.76.